The quantitative estimate of drug-likeness (QED) is 0.746. The Kier molecular flexibility index (Phi) is 4.00. The van der Waals surface area contributed by atoms with Crippen LogP contribution in [0, 0.1) is 0 Å². The van der Waals surface area contributed by atoms with Crippen LogP contribution in [0.4, 0.5) is 6.01 Å². The second kappa shape index (κ2) is 6.26. The molecule has 1 atom stereocenters. The Morgan fingerprint density at radius 1 is 1.14 bits per heavy atom. The first kappa shape index (κ1) is 13.4. The lowest BCUT2D eigenvalue weighted by Gasteiger charge is -2.09. The fourth-order valence-electron chi connectivity index (χ4n) is 2.08. The molecule has 0 amide bonds. The van der Waals surface area contributed by atoms with Gasteiger partial charge in [-0.05, 0) is 25.5 Å². The SMILES string of the molecule is C[C@@H](CCc1ccco1)Nc1nc(-c2ccccc2)no1. The Hall–Kier alpha value is -2.56. The summed E-state index contributed by atoms with van der Waals surface area (Å²) in [5, 5.41) is 7.19. The van der Waals surface area contributed by atoms with E-state index < -0.39 is 0 Å². The van der Waals surface area contributed by atoms with E-state index >= 15 is 0 Å². The number of rotatable bonds is 6. The van der Waals surface area contributed by atoms with Gasteiger partial charge >= 0.3 is 6.01 Å². The van der Waals surface area contributed by atoms with Crippen molar-refractivity contribution in [3.8, 4) is 11.4 Å². The molecule has 108 valence electrons. The van der Waals surface area contributed by atoms with E-state index in [2.05, 4.69) is 22.4 Å². The van der Waals surface area contributed by atoms with Crippen molar-refractivity contribution in [3.05, 3.63) is 54.5 Å². The average Bonchev–Trinajstić information content (AvgIpc) is 3.17. The van der Waals surface area contributed by atoms with Crippen molar-refractivity contribution in [1.82, 2.24) is 10.1 Å². The summed E-state index contributed by atoms with van der Waals surface area (Å²) in [6, 6.07) is 14.3. The first-order chi connectivity index (χ1) is 10.3. The molecule has 0 radical (unpaired) electrons. The maximum Gasteiger partial charge on any atom is 0.321 e. The monoisotopic (exact) mass is 283 g/mol. The summed E-state index contributed by atoms with van der Waals surface area (Å²) in [5.41, 5.74) is 0.942. The molecule has 0 fully saturated rings. The summed E-state index contributed by atoms with van der Waals surface area (Å²) in [7, 11) is 0. The van der Waals surface area contributed by atoms with E-state index in [4.69, 9.17) is 8.94 Å². The Labute approximate surface area is 123 Å². The topological polar surface area (TPSA) is 64.1 Å². The van der Waals surface area contributed by atoms with Gasteiger partial charge in [-0.3, -0.25) is 0 Å². The Morgan fingerprint density at radius 3 is 2.76 bits per heavy atom. The number of nitrogens with one attached hydrogen (secondary N) is 1. The van der Waals surface area contributed by atoms with Crippen LogP contribution in [0.25, 0.3) is 11.4 Å². The molecule has 1 aromatic carbocycles. The molecule has 0 aliphatic heterocycles. The van der Waals surface area contributed by atoms with Crippen molar-refractivity contribution < 1.29 is 8.94 Å². The molecule has 0 saturated carbocycles. The van der Waals surface area contributed by atoms with Gasteiger partial charge < -0.3 is 14.3 Å². The van der Waals surface area contributed by atoms with E-state index in [1.165, 1.54) is 0 Å². The third-order valence-electron chi connectivity index (χ3n) is 3.23. The molecule has 2 aromatic heterocycles. The highest BCUT2D eigenvalue weighted by molar-refractivity contribution is 5.54. The normalized spacial score (nSPS) is 12.2. The molecule has 3 aromatic rings. The van der Waals surface area contributed by atoms with Crippen molar-refractivity contribution in [1.29, 1.82) is 0 Å². The zero-order chi connectivity index (χ0) is 14.5. The van der Waals surface area contributed by atoms with Crippen LogP contribution in [-0.2, 0) is 6.42 Å². The minimum absolute atomic E-state index is 0.221. The predicted molar refractivity (Wildman–Crippen MR) is 79.8 cm³/mol. The summed E-state index contributed by atoms with van der Waals surface area (Å²) in [6.45, 7) is 2.08. The van der Waals surface area contributed by atoms with Crippen molar-refractivity contribution in [2.45, 2.75) is 25.8 Å². The fraction of sp³-hybridized carbons (Fsp3) is 0.250. The number of anilines is 1. The van der Waals surface area contributed by atoms with Crippen LogP contribution in [0.5, 0.6) is 0 Å². The van der Waals surface area contributed by atoms with Gasteiger partial charge in [-0.15, -0.1) is 0 Å². The fourth-order valence-corrected chi connectivity index (χ4v) is 2.08. The summed E-state index contributed by atoms with van der Waals surface area (Å²) in [4.78, 5) is 4.35. The van der Waals surface area contributed by atoms with Gasteiger partial charge in [-0.25, -0.2) is 0 Å². The largest absolute Gasteiger partial charge is 0.469 e. The van der Waals surface area contributed by atoms with E-state index in [0.29, 0.717) is 11.8 Å². The summed E-state index contributed by atoms with van der Waals surface area (Å²) >= 11 is 0. The van der Waals surface area contributed by atoms with Crippen LogP contribution in [0.2, 0.25) is 0 Å². The van der Waals surface area contributed by atoms with Crippen molar-refractivity contribution in [2.24, 2.45) is 0 Å². The first-order valence-corrected chi connectivity index (χ1v) is 6.99. The Balaban J connectivity index is 1.57. The van der Waals surface area contributed by atoms with Crippen molar-refractivity contribution in [3.63, 3.8) is 0 Å². The minimum Gasteiger partial charge on any atom is -0.469 e. The van der Waals surface area contributed by atoms with Gasteiger partial charge in [-0.1, -0.05) is 35.5 Å². The van der Waals surface area contributed by atoms with Crippen molar-refractivity contribution >= 4 is 6.01 Å². The molecule has 5 heteroatoms. The van der Waals surface area contributed by atoms with Crippen LogP contribution >= 0.6 is 0 Å². The van der Waals surface area contributed by atoms with Crippen LogP contribution < -0.4 is 5.32 Å². The highest BCUT2D eigenvalue weighted by Gasteiger charge is 2.11. The average molecular weight is 283 g/mol. The standard InChI is InChI=1S/C16H17N3O2/c1-12(9-10-14-8-5-11-20-14)17-16-18-15(19-21-16)13-6-3-2-4-7-13/h2-8,11-12H,9-10H2,1H3,(H,17,18,19)/t12-/m0/s1. The Bertz CT molecular complexity index is 662. The third kappa shape index (κ3) is 3.51. The highest BCUT2D eigenvalue weighted by Crippen LogP contribution is 2.18. The second-order valence-corrected chi connectivity index (χ2v) is 4.95. The van der Waals surface area contributed by atoms with Gasteiger partial charge in [0.1, 0.15) is 5.76 Å². The lowest BCUT2D eigenvalue weighted by atomic mass is 10.1. The molecule has 0 unspecified atom stereocenters. The maximum atomic E-state index is 5.32. The van der Waals surface area contributed by atoms with Gasteiger partial charge in [0.25, 0.3) is 0 Å². The van der Waals surface area contributed by atoms with Gasteiger partial charge in [0.15, 0.2) is 0 Å². The van der Waals surface area contributed by atoms with Gasteiger partial charge in [0.05, 0.1) is 6.26 Å². The predicted octanol–water partition coefficient (Wildman–Crippen LogP) is 3.76. The number of hydrogen-bond acceptors (Lipinski definition) is 5. The van der Waals surface area contributed by atoms with E-state index in [0.717, 1.165) is 24.2 Å². The zero-order valence-corrected chi connectivity index (χ0v) is 11.8. The third-order valence-corrected chi connectivity index (χ3v) is 3.23. The van der Waals surface area contributed by atoms with Crippen LogP contribution in [0.3, 0.4) is 0 Å². The number of aromatic nitrogens is 2. The smallest absolute Gasteiger partial charge is 0.321 e. The minimum atomic E-state index is 0.221. The summed E-state index contributed by atoms with van der Waals surface area (Å²) in [6.07, 6.45) is 3.50. The molecular weight excluding hydrogens is 266 g/mol. The molecule has 0 spiro atoms. The van der Waals surface area contributed by atoms with E-state index in [-0.39, 0.29) is 6.04 Å². The molecule has 3 rings (SSSR count). The van der Waals surface area contributed by atoms with E-state index in [1.54, 1.807) is 6.26 Å². The highest BCUT2D eigenvalue weighted by atomic mass is 16.5. The van der Waals surface area contributed by atoms with Crippen molar-refractivity contribution in [2.75, 3.05) is 5.32 Å². The summed E-state index contributed by atoms with van der Waals surface area (Å²) < 4.78 is 10.5. The second-order valence-electron chi connectivity index (χ2n) is 4.95. The molecule has 0 saturated heterocycles. The van der Waals surface area contributed by atoms with E-state index in [9.17, 15) is 0 Å². The van der Waals surface area contributed by atoms with Crippen LogP contribution in [0.1, 0.15) is 19.1 Å². The molecule has 0 aliphatic rings. The molecule has 2 heterocycles. The molecular formula is C16H17N3O2. The lowest BCUT2D eigenvalue weighted by molar-refractivity contribution is 0.425. The maximum absolute atomic E-state index is 5.32. The van der Waals surface area contributed by atoms with Gasteiger partial charge in [0, 0.05) is 18.0 Å². The molecule has 1 N–H and O–H groups in total. The zero-order valence-electron chi connectivity index (χ0n) is 11.8. The first-order valence-electron chi connectivity index (χ1n) is 6.99. The Morgan fingerprint density at radius 2 is 2.00 bits per heavy atom. The number of furan rings is 1. The lowest BCUT2D eigenvalue weighted by Crippen LogP contribution is -2.16. The number of benzene rings is 1. The van der Waals surface area contributed by atoms with E-state index in [1.807, 2.05) is 42.5 Å². The van der Waals surface area contributed by atoms with Crippen LogP contribution in [-0.4, -0.2) is 16.2 Å². The van der Waals surface area contributed by atoms with Gasteiger partial charge in [0.2, 0.25) is 5.82 Å². The molecule has 0 bridgehead atoms. The molecule has 5 nitrogen and oxygen atoms in total. The van der Waals surface area contributed by atoms with Gasteiger partial charge in [-0.2, -0.15) is 4.98 Å². The summed E-state index contributed by atoms with van der Waals surface area (Å²) in [5.74, 6) is 1.58. The number of aryl methyl sites for hydroxylation is 1. The van der Waals surface area contributed by atoms with Crippen LogP contribution in [0.15, 0.2) is 57.7 Å². The molecule has 21 heavy (non-hydrogen) atoms. The number of hydrogen-bond donors (Lipinski definition) is 1. The number of nitrogens with zero attached hydrogens (tertiary/aromatic N) is 2. The molecule has 0 aliphatic carbocycles.